The molecule has 2 atom stereocenters. The predicted octanol–water partition coefficient (Wildman–Crippen LogP) is 3.02. The van der Waals surface area contributed by atoms with Gasteiger partial charge in [-0.3, -0.25) is 4.79 Å². The van der Waals surface area contributed by atoms with E-state index in [1.165, 1.54) is 12.8 Å². The quantitative estimate of drug-likeness (QED) is 0.879. The highest BCUT2D eigenvalue weighted by Gasteiger charge is 2.33. The fraction of sp³-hybridized carbons (Fsp3) is 0.562. The number of ether oxygens (including phenoxy) is 2. The lowest BCUT2D eigenvalue weighted by molar-refractivity contribution is -0.120. The van der Waals surface area contributed by atoms with E-state index in [0.29, 0.717) is 11.5 Å². The fourth-order valence-corrected chi connectivity index (χ4v) is 3.32. The molecule has 0 bridgehead atoms. The van der Waals surface area contributed by atoms with Gasteiger partial charge in [-0.05, 0) is 12.8 Å². The molecule has 1 amide bonds. The van der Waals surface area contributed by atoms with Crippen molar-refractivity contribution in [2.75, 3.05) is 24.9 Å². The molecule has 2 aliphatic rings. The second-order valence-electron chi connectivity index (χ2n) is 5.74. The minimum absolute atomic E-state index is 0.0388. The van der Waals surface area contributed by atoms with Gasteiger partial charge < -0.3 is 20.1 Å². The number of amides is 1. The molecule has 1 aromatic rings. The van der Waals surface area contributed by atoms with E-state index >= 15 is 0 Å². The highest BCUT2D eigenvalue weighted by atomic mass is 16.5. The molecule has 1 aromatic carbocycles. The number of carbonyl (C=O) groups excluding carboxylic acids is 1. The van der Waals surface area contributed by atoms with Gasteiger partial charge in [-0.15, -0.1) is 0 Å². The molecule has 2 N–H and O–H groups in total. The van der Waals surface area contributed by atoms with Crippen molar-refractivity contribution in [2.24, 2.45) is 5.92 Å². The maximum absolute atomic E-state index is 12.5. The number of benzene rings is 1. The van der Waals surface area contributed by atoms with Crippen molar-refractivity contribution in [3.05, 3.63) is 12.1 Å². The standard InChI is InChI=1S/C16H22N2O3/c1-20-14-8-12-13(9-15(14)21-2)18-16(19)10-6-4-3-5-7-11(10)17-12/h8-11,17H,3-7H2,1-2H3,(H,18,19). The smallest absolute Gasteiger partial charge is 0.229 e. The average molecular weight is 290 g/mol. The molecule has 1 fully saturated rings. The summed E-state index contributed by atoms with van der Waals surface area (Å²) in [5.74, 6) is 1.45. The van der Waals surface area contributed by atoms with Crippen molar-refractivity contribution in [2.45, 2.75) is 38.1 Å². The van der Waals surface area contributed by atoms with Gasteiger partial charge >= 0.3 is 0 Å². The highest BCUT2D eigenvalue weighted by Crippen LogP contribution is 2.40. The molecule has 0 radical (unpaired) electrons. The third-order valence-corrected chi connectivity index (χ3v) is 4.48. The van der Waals surface area contributed by atoms with E-state index < -0.39 is 0 Å². The summed E-state index contributed by atoms with van der Waals surface area (Å²) < 4.78 is 10.7. The van der Waals surface area contributed by atoms with Crippen LogP contribution in [0.1, 0.15) is 32.1 Å². The van der Waals surface area contributed by atoms with Crippen LogP contribution in [0.4, 0.5) is 11.4 Å². The van der Waals surface area contributed by atoms with Gasteiger partial charge in [0.25, 0.3) is 0 Å². The number of anilines is 2. The molecule has 2 unspecified atom stereocenters. The molecule has 0 saturated heterocycles. The van der Waals surface area contributed by atoms with E-state index in [1.54, 1.807) is 14.2 Å². The molecule has 0 spiro atoms. The van der Waals surface area contributed by atoms with E-state index in [4.69, 9.17) is 9.47 Å². The van der Waals surface area contributed by atoms with E-state index in [1.807, 2.05) is 12.1 Å². The molecule has 114 valence electrons. The molecule has 1 aliphatic heterocycles. The van der Waals surface area contributed by atoms with Gasteiger partial charge in [-0.1, -0.05) is 19.3 Å². The van der Waals surface area contributed by atoms with Crippen LogP contribution in [0.3, 0.4) is 0 Å². The molecule has 5 nitrogen and oxygen atoms in total. The predicted molar refractivity (Wildman–Crippen MR) is 82.2 cm³/mol. The zero-order valence-corrected chi connectivity index (χ0v) is 12.6. The van der Waals surface area contributed by atoms with Crippen molar-refractivity contribution >= 4 is 17.3 Å². The summed E-state index contributed by atoms with van der Waals surface area (Å²) in [5, 5.41) is 6.58. The van der Waals surface area contributed by atoms with Gasteiger partial charge in [0, 0.05) is 18.2 Å². The van der Waals surface area contributed by atoms with Crippen molar-refractivity contribution in [3.63, 3.8) is 0 Å². The molecule has 5 heteroatoms. The molecule has 0 aromatic heterocycles. The minimum Gasteiger partial charge on any atom is -0.493 e. The third kappa shape index (κ3) is 2.64. The summed E-state index contributed by atoms with van der Waals surface area (Å²) in [6.07, 6.45) is 5.49. The van der Waals surface area contributed by atoms with Crippen molar-refractivity contribution in [1.82, 2.24) is 0 Å². The summed E-state index contributed by atoms with van der Waals surface area (Å²) in [7, 11) is 3.22. The average Bonchev–Trinajstić information content (AvgIpc) is 2.79. The number of fused-ring (bicyclic) bond motifs is 2. The van der Waals surface area contributed by atoms with Crippen LogP contribution in [0.2, 0.25) is 0 Å². The highest BCUT2D eigenvalue weighted by molar-refractivity contribution is 5.98. The zero-order chi connectivity index (χ0) is 14.8. The first-order chi connectivity index (χ1) is 10.2. The number of hydrogen-bond donors (Lipinski definition) is 2. The van der Waals surface area contributed by atoms with Gasteiger partial charge in [-0.2, -0.15) is 0 Å². The number of hydrogen-bond acceptors (Lipinski definition) is 4. The Labute approximate surface area is 125 Å². The van der Waals surface area contributed by atoms with Gasteiger partial charge in [0.1, 0.15) is 0 Å². The largest absolute Gasteiger partial charge is 0.493 e. The number of nitrogens with one attached hydrogen (secondary N) is 2. The number of methoxy groups -OCH3 is 2. The van der Waals surface area contributed by atoms with E-state index in [0.717, 1.165) is 30.6 Å². The van der Waals surface area contributed by atoms with Crippen LogP contribution in [0.5, 0.6) is 11.5 Å². The monoisotopic (exact) mass is 290 g/mol. The van der Waals surface area contributed by atoms with Crippen LogP contribution in [-0.2, 0) is 4.79 Å². The normalized spacial score (nSPS) is 24.6. The summed E-state index contributed by atoms with van der Waals surface area (Å²) in [6, 6.07) is 3.93. The van der Waals surface area contributed by atoms with Crippen molar-refractivity contribution in [3.8, 4) is 11.5 Å². The van der Waals surface area contributed by atoms with Crippen LogP contribution < -0.4 is 20.1 Å². The lowest BCUT2D eigenvalue weighted by Crippen LogP contribution is -2.34. The van der Waals surface area contributed by atoms with Crippen molar-refractivity contribution < 1.29 is 14.3 Å². The van der Waals surface area contributed by atoms with E-state index in [9.17, 15) is 4.79 Å². The Morgan fingerprint density at radius 3 is 2.38 bits per heavy atom. The Bertz CT molecular complexity index is 545. The lowest BCUT2D eigenvalue weighted by atomic mass is 9.94. The Morgan fingerprint density at radius 1 is 1.00 bits per heavy atom. The van der Waals surface area contributed by atoms with Crippen molar-refractivity contribution in [1.29, 1.82) is 0 Å². The minimum atomic E-state index is 0.0388. The fourth-order valence-electron chi connectivity index (χ4n) is 3.32. The van der Waals surface area contributed by atoms with Crippen LogP contribution in [0, 0.1) is 5.92 Å². The number of carbonyl (C=O) groups is 1. The van der Waals surface area contributed by atoms with Gasteiger partial charge in [0.2, 0.25) is 5.91 Å². The molecule has 21 heavy (non-hydrogen) atoms. The lowest BCUT2D eigenvalue weighted by Gasteiger charge is -2.22. The Balaban J connectivity index is 1.98. The van der Waals surface area contributed by atoms with Gasteiger partial charge in [-0.25, -0.2) is 0 Å². The Hall–Kier alpha value is -1.91. The van der Waals surface area contributed by atoms with Crippen LogP contribution in [-0.4, -0.2) is 26.2 Å². The van der Waals surface area contributed by atoms with Crippen LogP contribution in [0.25, 0.3) is 0 Å². The summed E-state index contributed by atoms with van der Waals surface area (Å²) in [6.45, 7) is 0. The summed E-state index contributed by atoms with van der Waals surface area (Å²) in [4.78, 5) is 12.5. The molecule has 1 heterocycles. The van der Waals surface area contributed by atoms with Crippen LogP contribution >= 0.6 is 0 Å². The van der Waals surface area contributed by atoms with Gasteiger partial charge in [0.15, 0.2) is 11.5 Å². The second kappa shape index (κ2) is 5.84. The van der Waals surface area contributed by atoms with Gasteiger partial charge in [0.05, 0.1) is 31.5 Å². The molecule has 1 saturated carbocycles. The number of rotatable bonds is 2. The molecule has 1 aliphatic carbocycles. The van der Waals surface area contributed by atoms with E-state index in [2.05, 4.69) is 10.6 Å². The molecular formula is C16H22N2O3. The molecule has 3 rings (SSSR count). The zero-order valence-electron chi connectivity index (χ0n) is 12.6. The first kappa shape index (κ1) is 14.0. The third-order valence-electron chi connectivity index (χ3n) is 4.48. The first-order valence-corrected chi connectivity index (χ1v) is 7.56. The Morgan fingerprint density at radius 2 is 1.67 bits per heavy atom. The maximum atomic E-state index is 12.5. The van der Waals surface area contributed by atoms with E-state index in [-0.39, 0.29) is 17.9 Å². The molecular weight excluding hydrogens is 268 g/mol. The maximum Gasteiger partial charge on any atom is 0.229 e. The summed E-state index contributed by atoms with van der Waals surface area (Å²) in [5.41, 5.74) is 1.68. The van der Waals surface area contributed by atoms with Crippen LogP contribution in [0.15, 0.2) is 12.1 Å². The summed E-state index contributed by atoms with van der Waals surface area (Å²) >= 11 is 0. The second-order valence-corrected chi connectivity index (χ2v) is 5.74. The topological polar surface area (TPSA) is 59.6 Å². The SMILES string of the molecule is COc1cc2c(cc1OC)NC1CCCCCC1C(=O)N2. The first-order valence-electron chi connectivity index (χ1n) is 7.56. The Kier molecular flexibility index (Phi) is 3.90.